The number of carbonyl (C=O) groups is 1. The highest BCUT2D eigenvalue weighted by atomic mass is 28.3. The van der Waals surface area contributed by atoms with Gasteiger partial charge in [-0.25, -0.2) is 4.79 Å². The van der Waals surface area contributed by atoms with Crippen LogP contribution in [0.1, 0.15) is 23.2 Å². The summed E-state index contributed by atoms with van der Waals surface area (Å²) in [4.78, 5) is 11.4. The molecule has 1 atom stereocenters. The standard InChI is InChI=1S/C18H24O5Si/c1-7-18(13-8-9-13,24(4,5)6)23-15-11-12(17(19)20)10-14(21-2)16(15)22-3/h1,10-11,13H,8-9H2,2-6H3,(H,19,20). The SMILES string of the molecule is C#CC(Oc1cc(C(=O)O)cc(OC)c1OC)(C1CC1)[Si](C)(C)C. The van der Waals surface area contributed by atoms with Crippen molar-refractivity contribution in [2.75, 3.05) is 14.2 Å². The van der Waals surface area contributed by atoms with Crippen molar-refractivity contribution in [3.05, 3.63) is 17.7 Å². The monoisotopic (exact) mass is 348 g/mol. The van der Waals surface area contributed by atoms with Crippen LogP contribution in [-0.4, -0.2) is 38.6 Å². The molecule has 0 saturated heterocycles. The lowest BCUT2D eigenvalue weighted by Gasteiger charge is -2.40. The third kappa shape index (κ3) is 3.09. The molecule has 0 aromatic heterocycles. The second-order valence-electron chi connectivity index (χ2n) is 7.02. The molecule has 0 amide bonds. The molecule has 0 aliphatic heterocycles. The molecule has 1 aliphatic rings. The molecule has 1 aromatic rings. The Labute approximate surface area is 143 Å². The summed E-state index contributed by atoms with van der Waals surface area (Å²) in [7, 11) is 1.02. The number of hydrogen-bond donors (Lipinski definition) is 1. The molecule has 1 aromatic carbocycles. The summed E-state index contributed by atoms with van der Waals surface area (Å²) < 4.78 is 17.0. The molecule has 24 heavy (non-hydrogen) atoms. The first-order valence-corrected chi connectivity index (χ1v) is 11.4. The van der Waals surface area contributed by atoms with E-state index in [1.165, 1.54) is 26.4 Å². The third-order valence-electron chi connectivity index (χ3n) is 4.44. The number of rotatable bonds is 7. The predicted molar refractivity (Wildman–Crippen MR) is 94.8 cm³/mol. The molecule has 6 heteroatoms. The highest BCUT2D eigenvalue weighted by molar-refractivity contribution is 6.80. The van der Waals surface area contributed by atoms with E-state index in [9.17, 15) is 9.90 Å². The summed E-state index contributed by atoms with van der Waals surface area (Å²) >= 11 is 0. The van der Waals surface area contributed by atoms with Gasteiger partial charge in [-0.15, -0.1) is 6.42 Å². The van der Waals surface area contributed by atoms with Crippen LogP contribution in [0.3, 0.4) is 0 Å². The van der Waals surface area contributed by atoms with Gasteiger partial charge >= 0.3 is 5.97 Å². The number of benzene rings is 1. The van der Waals surface area contributed by atoms with E-state index in [2.05, 4.69) is 25.6 Å². The van der Waals surface area contributed by atoms with Crippen LogP contribution in [-0.2, 0) is 0 Å². The van der Waals surface area contributed by atoms with Crippen molar-refractivity contribution in [3.63, 3.8) is 0 Å². The Morgan fingerprint density at radius 3 is 2.21 bits per heavy atom. The predicted octanol–water partition coefficient (Wildman–Crippen LogP) is 3.44. The molecule has 0 radical (unpaired) electrons. The molecule has 1 aliphatic carbocycles. The zero-order chi connectivity index (χ0) is 18.1. The summed E-state index contributed by atoms with van der Waals surface area (Å²) in [6, 6.07) is 2.87. The number of hydrogen-bond acceptors (Lipinski definition) is 4. The van der Waals surface area contributed by atoms with Crippen LogP contribution in [0.5, 0.6) is 17.2 Å². The van der Waals surface area contributed by atoms with Gasteiger partial charge in [0.25, 0.3) is 0 Å². The molecular formula is C18H24O5Si. The van der Waals surface area contributed by atoms with Gasteiger partial charge in [0, 0.05) is 5.92 Å². The van der Waals surface area contributed by atoms with Crippen molar-refractivity contribution >= 4 is 14.0 Å². The molecule has 1 fully saturated rings. The Hall–Kier alpha value is -2.13. The Balaban J connectivity index is 2.60. The Kier molecular flexibility index (Phi) is 4.86. The Bertz CT molecular complexity index is 682. The van der Waals surface area contributed by atoms with Gasteiger partial charge < -0.3 is 19.3 Å². The molecule has 0 bridgehead atoms. The van der Waals surface area contributed by atoms with Gasteiger partial charge in [0.2, 0.25) is 5.75 Å². The first-order chi connectivity index (χ1) is 11.2. The molecule has 0 heterocycles. The quantitative estimate of drug-likeness (QED) is 0.604. The second-order valence-corrected chi connectivity index (χ2v) is 12.3. The maximum Gasteiger partial charge on any atom is 0.335 e. The fourth-order valence-corrected chi connectivity index (χ4v) is 5.37. The van der Waals surface area contributed by atoms with Crippen LogP contribution >= 0.6 is 0 Å². The van der Waals surface area contributed by atoms with Crippen LogP contribution in [0, 0.1) is 18.3 Å². The second kappa shape index (κ2) is 6.40. The lowest BCUT2D eigenvalue weighted by molar-refractivity contribution is 0.0695. The van der Waals surface area contributed by atoms with Crippen molar-refractivity contribution in [2.24, 2.45) is 5.92 Å². The fraction of sp³-hybridized carbons (Fsp3) is 0.500. The highest BCUT2D eigenvalue weighted by Crippen LogP contribution is 2.49. The van der Waals surface area contributed by atoms with Crippen molar-refractivity contribution < 1.29 is 24.1 Å². The minimum Gasteiger partial charge on any atom is -0.493 e. The number of carboxylic acid groups (broad SMARTS) is 1. The van der Waals surface area contributed by atoms with Crippen LogP contribution in [0.4, 0.5) is 0 Å². The number of aromatic carboxylic acids is 1. The van der Waals surface area contributed by atoms with E-state index < -0.39 is 19.3 Å². The lowest BCUT2D eigenvalue weighted by atomic mass is 10.1. The molecule has 1 N–H and O–H groups in total. The molecule has 0 spiro atoms. The van der Waals surface area contributed by atoms with Gasteiger partial charge in [0.1, 0.15) is 8.07 Å². The number of carboxylic acids is 1. The van der Waals surface area contributed by atoms with Crippen LogP contribution < -0.4 is 14.2 Å². The summed E-state index contributed by atoms with van der Waals surface area (Å²) in [6.07, 6.45) is 7.95. The maximum atomic E-state index is 11.4. The molecule has 2 rings (SSSR count). The number of methoxy groups -OCH3 is 2. The van der Waals surface area contributed by atoms with E-state index in [0.717, 1.165) is 12.8 Å². The minimum absolute atomic E-state index is 0.0694. The van der Waals surface area contributed by atoms with E-state index in [1.54, 1.807) is 0 Å². The van der Waals surface area contributed by atoms with Gasteiger partial charge in [-0.2, -0.15) is 0 Å². The Morgan fingerprint density at radius 1 is 1.25 bits per heavy atom. The molecule has 1 saturated carbocycles. The smallest absolute Gasteiger partial charge is 0.335 e. The summed E-state index contributed by atoms with van der Waals surface area (Å²) in [5.74, 6) is 3.12. The minimum atomic E-state index is -1.93. The molecule has 5 nitrogen and oxygen atoms in total. The van der Waals surface area contributed by atoms with Crippen molar-refractivity contribution in [1.82, 2.24) is 0 Å². The normalized spacial score (nSPS) is 16.7. The molecule has 130 valence electrons. The molecular weight excluding hydrogens is 324 g/mol. The van der Waals surface area contributed by atoms with Crippen molar-refractivity contribution in [1.29, 1.82) is 0 Å². The van der Waals surface area contributed by atoms with Crippen molar-refractivity contribution in [3.8, 4) is 29.6 Å². The van der Waals surface area contributed by atoms with Gasteiger partial charge in [-0.3, -0.25) is 0 Å². The third-order valence-corrected chi connectivity index (χ3v) is 7.33. The van der Waals surface area contributed by atoms with Crippen LogP contribution in [0.15, 0.2) is 12.1 Å². The zero-order valence-corrected chi connectivity index (χ0v) is 15.8. The topological polar surface area (TPSA) is 65.0 Å². The number of ether oxygens (including phenoxy) is 3. The van der Waals surface area contributed by atoms with Crippen LogP contribution in [0.25, 0.3) is 0 Å². The number of terminal acetylenes is 1. The van der Waals surface area contributed by atoms with E-state index in [4.69, 9.17) is 20.6 Å². The highest BCUT2D eigenvalue weighted by Gasteiger charge is 2.55. The van der Waals surface area contributed by atoms with E-state index in [0.29, 0.717) is 23.2 Å². The van der Waals surface area contributed by atoms with E-state index in [-0.39, 0.29) is 5.56 Å². The summed E-state index contributed by atoms with van der Waals surface area (Å²) in [6.45, 7) is 6.49. The average Bonchev–Trinajstić information content (AvgIpc) is 3.35. The van der Waals surface area contributed by atoms with Gasteiger partial charge in [-0.1, -0.05) is 25.6 Å². The summed E-state index contributed by atoms with van der Waals surface area (Å²) in [5.41, 5.74) is 0.0694. The van der Waals surface area contributed by atoms with Crippen molar-refractivity contribution in [2.45, 2.75) is 37.7 Å². The average molecular weight is 348 g/mol. The van der Waals surface area contributed by atoms with Gasteiger partial charge in [-0.05, 0) is 25.0 Å². The summed E-state index contributed by atoms with van der Waals surface area (Å²) in [5, 5.41) is 8.64. The van der Waals surface area contributed by atoms with Gasteiger partial charge in [0.15, 0.2) is 16.7 Å². The first kappa shape index (κ1) is 18.2. The largest absolute Gasteiger partial charge is 0.493 e. The van der Waals surface area contributed by atoms with E-state index >= 15 is 0 Å². The first-order valence-electron chi connectivity index (χ1n) is 7.86. The lowest BCUT2D eigenvalue weighted by Crippen LogP contribution is -2.57. The van der Waals surface area contributed by atoms with Gasteiger partial charge in [0.05, 0.1) is 19.8 Å². The maximum absolute atomic E-state index is 11.4. The fourth-order valence-electron chi connectivity index (χ4n) is 3.00. The Morgan fingerprint density at radius 2 is 1.83 bits per heavy atom. The van der Waals surface area contributed by atoms with E-state index in [1.807, 2.05) is 0 Å². The molecule has 1 unspecified atom stereocenters. The van der Waals surface area contributed by atoms with Crippen LogP contribution in [0.2, 0.25) is 19.6 Å². The zero-order valence-electron chi connectivity index (χ0n) is 14.8.